The summed E-state index contributed by atoms with van der Waals surface area (Å²) in [5.74, 6) is 2.24. The van der Waals surface area contributed by atoms with Crippen molar-refractivity contribution in [2.45, 2.75) is 37.6 Å². The van der Waals surface area contributed by atoms with Gasteiger partial charge in [-0.1, -0.05) is 35.5 Å². The minimum Gasteiger partial charge on any atom is -0.339 e. The second kappa shape index (κ2) is 7.37. The summed E-state index contributed by atoms with van der Waals surface area (Å²) >= 11 is 0. The van der Waals surface area contributed by atoms with Crippen LogP contribution < -0.4 is 5.73 Å². The van der Waals surface area contributed by atoms with E-state index in [1.165, 1.54) is 0 Å². The van der Waals surface area contributed by atoms with Gasteiger partial charge in [0.05, 0.1) is 16.6 Å². The summed E-state index contributed by atoms with van der Waals surface area (Å²) in [6.45, 7) is 0. The molecule has 28 heavy (non-hydrogen) atoms. The molecule has 0 radical (unpaired) electrons. The Morgan fingerprint density at radius 3 is 2.46 bits per heavy atom. The molecule has 0 unspecified atom stereocenters. The van der Waals surface area contributed by atoms with Crippen molar-refractivity contribution in [3.63, 3.8) is 0 Å². The minimum atomic E-state index is -0.390. The van der Waals surface area contributed by atoms with Crippen LogP contribution in [0.1, 0.15) is 36.8 Å². The van der Waals surface area contributed by atoms with E-state index in [2.05, 4.69) is 32.9 Å². The molecule has 0 bridgehead atoms. The van der Waals surface area contributed by atoms with Crippen molar-refractivity contribution in [2.75, 3.05) is 0 Å². The number of nitrogens with zero attached hydrogens (tertiary/aromatic N) is 4. The first-order chi connectivity index (χ1) is 13.2. The first-order valence-electron chi connectivity index (χ1n) is 9.37. The summed E-state index contributed by atoms with van der Waals surface area (Å²) < 4.78 is 7.65. The summed E-state index contributed by atoms with van der Waals surface area (Å²) in [4.78, 5) is 9.37. The van der Waals surface area contributed by atoms with Gasteiger partial charge in [0.2, 0.25) is 5.89 Å². The van der Waals surface area contributed by atoms with E-state index in [-0.39, 0.29) is 17.9 Å². The fourth-order valence-corrected chi connectivity index (χ4v) is 3.67. The van der Waals surface area contributed by atoms with Crippen molar-refractivity contribution in [1.82, 2.24) is 19.7 Å². The summed E-state index contributed by atoms with van der Waals surface area (Å²) in [5.41, 5.74) is 9.09. The van der Waals surface area contributed by atoms with Crippen molar-refractivity contribution < 1.29 is 4.52 Å². The molecular formula is C21H22ClN5O. The maximum Gasteiger partial charge on any atom is 0.227 e. The van der Waals surface area contributed by atoms with Gasteiger partial charge < -0.3 is 10.3 Å². The molecule has 2 aromatic heterocycles. The van der Waals surface area contributed by atoms with Gasteiger partial charge in [0.25, 0.3) is 0 Å². The zero-order chi connectivity index (χ0) is 18.3. The van der Waals surface area contributed by atoms with Crippen LogP contribution in [0.3, 0.4) is 0 Å². The summed E-state index contributed by atoms with van der Waals surface area (Å²) in [6, 6.07) is 18.5. The molecule has 6 nitrogen and oxygen atoms in total. The highest BCUT2D eigenvalue weighted by molar-refractivity contribution is 5.85. The second-order valence-corrected chi connectivity index (χ2v) is 7.21. The Morgan fingerprint density at radius 2 is 1.71 bits per heavy atom. The van der Waals surface area contributed by atoms with Crippen LogP contribution >= 0.6 is 12.4 Å². The van der Waals surface area contributed by atoms with Crippen LogP contribution in [0, 0.1) is 0 Å². The van der Waals surface area contributed by atoms with Gasteiger partial charge in [-0.15, -0.1) is 12.4 Å². The molecule has 0 atom stereocenters. The molecule has 0 spiro atoms. The van der Waals surface area contributed by atoms with Crippen LogP contribution in [0.15, 0.2) is 59.1 Å². The lowest BCUT2D eigenvalue weighted by Gasteiger charge is -2.34. The number of benzene rings is 2. The molecule has 144 valence electrons. The highest BCUT2D eigenvalue weighted by Gasteiger charge is 2.38. The Balaban J connectivity index is 0.00000192. The number of imidazole rings is 1. The average molecular weight is 396 g/mol. The monoisotopic (exact) mass is 395 g/mol. The molecule has 1 aliphatic rings. The fourth-order valence-electron chi connectivity index (χ4n) is 3.67. The Hall–Kier alpha value is -2.70. The number of fused-ring (bicyclic) bond motifs is 1. The minimum absolute atomic E-state index is 0. The second-order valence-electron chi connectivity index (χ2n) is 7.21. The first-order valence-corrected chi connectivity index (χ1v) is 9.37. The van der Waals surface area contributed by atoms with Crippen molar-refractivity contribution in [3.05, 3.63) is 72.1 Å². The molecule has 5 rings (SSSR count). The van der Waals surface area contributed by atoms with Gasteiger partial charge in [0.1, 0.15) is 5.82 Å². The van der Waals surface area contributed by atoms with Gasteiger partial charge in [0, 0.05) is 18.5 Å². The normalized spacial score (nSPS) is 15.2. The number of rotatable bonds is 5. The van der Waals surface area contributed by atoms with Crippen LogP contribution in [0.5, 0.6) is 0 Å². The lowest BCUT2D eigenvalue weighted by molar-refractivity contribution is 0.229. The molecule has 4 aromatic rings. The SMILES string of the molecule is Cl.NC1(c2noc(CCc3nc4ccccc4n3-c3ccccc3)n2)CCC1. The third-order valence-corrected chi connectivity index (χ3v) is 5.37. The molecule has 0 saturated heterocycles. The summed E-state index contributed by atoms with van der Waals surface area (Å²) in [5, 5.41) is 4.11. The van der Waals surface area contributed by atoms with Crippen LogP contribution in [0.4, 0.5) is 0 Å². The van der Waals surface area contributed by atoms with Gasteiger partial charge in [0.15, 0.2) is 5.82 Å². The van der Waals surface area contributed by atoms with E-state index in [4.69, 9.17) is 15.2 Å². The molecule has 7 heteroatoms. The lowest BCUT2D eigenvalue weighted by atomic mass is 9.77. The van der Waals surface area contributed by atoms with E-state index in [1.807, 2.05) is 36.4 Å². The predicted molar refractivity (Wildman–Crippen MR) is 110 cm³/mol. The third-order valence-electron chi connectivity index (χ3n) is 5.37. The number of hydrogen-bond acceptors (Lipinski definition) is 5. The average Bonchev–Trinajstić information content (AvgIpc) is 3.29. The lowest BCUT2D eigenvalue weighted by Crippen LogP contribution is -2.44. The zero-order valence-corrected chi connectivity index (χ0v) is 16.2. The van der Waals surface area contributed by atoms with Gasteiger partial charge in [-0.3, -0.25) is 4.57 Å². The van der Waals surface area contributed by atoms with E-state index in [0.29, 0.717) is 24.6 Å². The maximum absolute atomic E-state index is 6.29. The Labute approximate surface area is 169 Å². The Morgan fingerprint density at radius 1 is 0.964 bits per heavy atom. The van der Waals surface area contributed by atoms with Crippen molar-refractivity contribution >= 4 is 23.4 Å². The van der Waals surface area contributed by atoms with Crippen molar-refractivity contribution in [2.24, 2.45) is 5.73 Å². The number of hydrogen-bond donors (Lipinski definition) is 1. The molecular weight excluding hydrogens is 374 g/mol. The van der Waals surface area contributed by atoms with Crippen LogP contribution in [0.25, 0.3) is 16.7 Å². The molecule has 1 saturated carbocycles. The number of aryl methyl sites for hydroxylation is 2. The summed E-state index contributed by atoms with van der Waals surface area (Å²) in [7, 11) is 0. The number of para-hydroxylation sites is 3. The predicted octanol–water partition coefficient (Wildman–Crippen LogP) is 3.95. The van der Waals surface area contributed by atoms with E-state index in [1.54, 1.807) is 0 Å². The Bertz CT molecular complexity index is 1080. The van der Waals surface area contributed by atoms with Crippen molar-refractivity contribution in [3.8, 4) is 5.69 Å². The van der Waals surface area contributed by atoms with Crippen molar-refractivity contribution in [1.29, 1.82) is 0 Å². The highest BCUT2D eigenvalue weighted by atomic mass is 35.5. The smallest absolute Gasteiger partial charge is 0.227 e. The maximum atomic E-state index is 6.29. The molecule has 2 aromatic carbocycles. The standard InChI is InChI=1S/C21H21N5O.ClH/c22-21(13-6-14-21)20-24-19(27-25-20)12-11-18-23-16-9-4-5-10-17(16)26(18)15-7-2-1-3-8-15;/h1-5,7-10H,6,11-14,22H2;1H. The van der Waals surface area contributed by atoms with Crippen LogP contribution in [0.2, 0.25) is 0 Å². The number of aromatic nitrogens is 4. The molecule has 0 amide bonds. The molecule has 2 N–H and O–H groups in total. The van der Waals surface area contributed by atoms with Gasteiger partial charge >= 0.3 is 0 Å². The van der Waals surface area contributed by atoms with E-state index in [0.717, 1.165) is 41.8 Å². The van der Waals surface area contributed by atoms with Gasteiger partial charge in [-0.2, -0.15) is 4.98 Å². The molecule has 1 aliphatic carbocycles. The van der Waals surface area contributed by atoms with E-state index < -0.39 is 0 Å². The zero-order valence-electron chi connectivity index (χ0n) is 15.4. The van der Waals surface area contributed by atoms with Gasteiger partial charge in [-0.25, -0.2) is 4.98 Å². The third kappa shape index (κ3) is 3.19. The molecule has 1 fully saturated rings. The topological polar surface area (TPSA) is 82.8 Å². The Kier molecular flexibility index (Phi) is 4.91. The molecule has 0 aliphatic heterocycles. The quantitative estimate of drug-likeness (QED) is 0.553. The largest absolute Gasteiger partial charge is 0.339 e. The van der Waals surface area contributed by atoms with Crippen LogP contribution in [-0.4, -0.2) is 19.7 Å². The van der Waals surface area contributed by atoms with Gasteiger partial charge in [-0.05, 0) is 43.5 Å². The highest BCUT2D eigenvalue weighted by Crippen LogP contribution is 2.36. The first kappa shape index (κ1) is 18.7. The van der Waals surface area contributed by atoms with E-state index in [9.17, 15) is 0 Å². The molecule has 2 heterocycles. The van der Waals surface area contributed by atoms with E-state index >= 15 is 0 Å². The number of halogens is 1. The summed E-state index contributed by atoms with van der Waals surface area (Å²) in [6.07, 6.45) is 4.33. The number of nitrogens with two attached hydrogens (primary N) is 1. The fraction of sp³-hybridized carbons (Fsp3) is 0.286. The van der Waals surface area contributed by atoms with Crippen LogP contribution in [-0.2, 0) is 18.4 Å².